The van der Waals surface area contributed by atoms with Crippen LogP contribution in [0.4, 0.5) is 9.59 Å². The molecule has 2 amide bonds. The Kier molecular flexibility index (Phi) is 7.35. The van der Waals surface area contributed by atoms with Gasteiger partial charge in [-0.1, -0.05) is 36.4 Å². The zero-order valence-corrected chi connectivity index (χ0v) is 31.2. The van der Waals surface area contributed by atoms with Crippen LogP contribution >= 0.6 is 0 Å². The second-order valence-electron chi connectivity index (χ2n) is 16.2. The Labute approximate surface area is 322 Å². The summed E-state index contributed by atoms with van der Waals surface area (Å²) < 4.78 is 11.8. The van der Waals surface area contributed by atoms with Gasteiger partial charge in [0.2, 0.25) is 0 Å². The predicted octanol–water partition coefficient (Wildman–Crippen LogP) is 4.87. The van der Waals surface area contributed by atoms with Gasteiger partial charge in [0.05, 0.1) is 23.8 Å². The lowest BCUT2D eigenvalue weighted by Crippen LogP contribution is -2.80. The molecule has 6 aliphatic rings. The lowest BCUT2D eigenvalue weighted by Gasteiger charge is -2.63. The summed E-state index contributed by atoms with van der Waals surface area (Å²) in [5, 5.41) is 0. The summed E-state index contributed by atoms with van der Waals surface area (Å²) in [5.74, 6) is 5.58. The Morgan fingerprint density at radius 3 is 1.70 bits per heavy atom. The number of carbonyl (C=O) groups excluding carboxylic acids is 4. The van der Waals surface area contributed by atoms with Crippen LogP contribution in [0.5, 0.6) is 0 Å². The lowest BCUT2D eigenvalue weighted by atomic mass is 9.61. The third-order valence-electron chi connectivity index (χ3n) is 14.3. The molecule has 6 N–H and O–H groups in total. The van der Waals surface area contributed by atoms with Gasteiger partial charge in [-0.2, -0.15) is 0 Å². The topological polar surface area (TPSA) is 203 Å². The number of fused-ring (bicyclic) bond motifs is 8. The summed E-state index contributed by atoms with van der Waals surface area (Å²) in [6, 6.07) is 12.4. The Balaban J connectivity index is 0.946. The molecule has 2 saturated carbocycles. The fraction of sp³-hybridized carbons (Fsp3) is 0.429. The van der Waals surface area contributed by atoms with Crippen LogP contribution in [0.3, 0.4) is 0 Å². The van der Waals surface area contributed by atoms with Gasteiger partial charge in [-0.25, -0.2) is 29.1 Å². The number of nitrogens with one attached hydrogen (secondary N) is 2. The quantitative estimate of drug-likeness (QED) is 0.189. The van der Waals surface area contributed by atoms with Gasteiger partial charge < -0.3 is 30.9 Å². The number of aromatic amines is 2. The number of amides is 2. The Morgan fingerprint density at radius 1 is 0.714 bits per heavy atom. The SMILES string of the molecule is Cc1c(-c2ccc(-c3cnc([C@@]45C(=C=O)CC[C@@]4(OC(N)=O)N4CCCC45)[nH]3)cc2)ccc(-c2cnc([C@@]34C(=C=O)CC[C@@]3(OC(N)=O)N3CCCC34)[nH]2)c1C. The van der Waals surface area contributed by atoms with Gasteiger partial charge in [-0.05, 0) is 80.2 Å². The summed E-state index contributed by atoms with van der Waals surface area (Å²) in [4.78, 5) is 70.2. The minimum absolute atomic E-state index is 0.0296. The molecule has 6 fully saturated rings. The Morgan fingerprint density at radius 2 is 1.18 bits per heavy atom. The van der Waals surface area contributed by atoms with Crippen LogP contribution in [0, 0.1) is 13.8 Å². The number of carbonyl (C=O) groups is 2. The maximum Gasteiger partial charge on any atom is 0.406 e. The number of imidazole rings is 2. The van der Waals surface area contributed by atoms with E-state index in [4.69, 9.17) is 30.9 Å². The van der Waals surface area contributed by atoms with E-state index >= 15 is 0 Å². The number of ether oxygens (including phenoxy) is 2. The average Bonchev–Trinajstić information content (AvgIpc) is 4.04. The van der Waals surface area contributed by atoms with Crippen LogP contribution in [0.2, 0.25) is 0 Å². The Bertz CT molecular complexity index is 2460. The van der Waals surface area contributed by atoms with E-state index in [1.807, 2.05) is 12.1 Å². The fourth-order valence-corrected chi connectivity index (χ4v) is 12.2. The minimum Gasteiger partial charge on any atom is -0.426 e. The summed E-state index contributed by atoms with van der Waals surface area (Å²) in [6.07, 6.45) is 7.22. The number of nitrogens with two attached hydrogens (primary N) is 2. The maximum absolute atomic E-state index is 12.4. The van der Waals surface area contributed by atoms with Crippen molar-refractivity contribution in [2.75, 3.05) is 13.1 Å². The summed E-state index contributed by atoms with van der Waals surface area (Å²) in [6.45, 7) is 5.71. The number of aromatic nitrogens is 4. The summed E-state index contributed by atoms with van der Waals surface area (Å²) in [5.41, 5.74) is 16.2. The highest BCUT2D eigenvalue weighted by Gasteiger charge is 2.81. The molecule has 4 aliphatic heterocycles. The van der Waals surface area contributed by atoms with E-state index < -0.39 is 34.5 Å². The lowest BCUT2D eigenvalue weighted by molar-refractivity contribution is -0.243. The molecule has 2 aromatic carbocycles. The van der Waals surface area contributed by atoms with E-state index in [2.05, 4.69) is 69.8 Å². The van der Waals surface area contributed by atoms with Crippen molar-refractivity contribution >= 4 is 24.1 Å². The molecule has 286 valence electrons. The van der Waals surface area contributed by atoms with Gasteiger partial charge in [0.25, 0.3) is 0 Å². The average molecular weight is 755 g/mol. The van der Waals surface area contributed by atoms with E-state index in [0.29, 0.717) is 48.5 Å². The van der Waals surface area contributed by atoms with Crippen molar-refractivity contribution in [1.82, 2.24) is 29.7 Å². The zero-order chi connectivity index (χ0) is 38.8. The molecule has 2 aromatic heterocycles. The second kappa shape index (κ2) is 11.9. The third-order valence-corrected chi connectivity index (χ3v) is 14.3. The highest BCUT2D eigenvalue weighted by molar-refractivity contribution is 5.78. The van der Waals surface area contributed by atoms with Crippen LogP contribution in [0.15, 0.2) is 59.9 Å². The van der Waals surface area contributed by atoms with Gasteiger partial charge in [0.1, 0.15) is 34.4 Å². The van der Waals surface area contributed by atoms with E-state index in [1.165, 1.54) is 0 Å². The first-order chi connectivity index (χ1) is 27.1. The normalized spacial score (nSPS) is 31.4. The van der Waals surface area contributed by atoms with Gasteiger partial charge >= 0.3 is 12.2 Å². The first kappa shape index (κ1) is 34.7. The van der Waals surface area contributed by atoms with Crippen LogP contribution in [0.1, 0.15) is 74.1 Å². The van der Waals surface area contributed by atoms with Crippen molar-refractivity contribution in [3.05, 3.63) is 82.7 Å². The molecule has 14 nitrogen and oxygen atoms in total. The Hall–Kier alpha value is -5.78. The number of rotatable bonds is 7. The van der Waals surface area contributed by atoms with E-state index in [9.17, 15) is 19.2 Å². The highest BCUT2D eigenvalue weighted by atomic mass is 16.6. The molecule has 6 atom stereocenters. The van der Waals surface area contributed by atoms with Gasteiger partial charge in [-0.3, -0.25) is 9.80 Å². The minimum atomic E-state index is -1.05. The zero-order valence-electron chi connectivity index (χ0n) is 31.2. The van der Waals surface area contributed by atoms with Crippen LogP contribution in [0.25, 0.3) is 33.6 Å². The molecular weight excluding hydrogens is 713 g/mol. The first-order valence-electron chi connectivity index (χ1n) is 19.4. The van der Waals surface area contributed by atoms with Crippen molar-refractivity contribution in [3.8, 4) is 33.6 Å². The fourth-order valence-electron chi connectivity index (χ4n) is 12.2. The van der Waals surface area contributed by atoms with Gasteiger partial charge in [-0.15, -0.1) is 0 Å². The van der Waals surface area contributed by atoms with Crippen molar-refractivity contribution in [2.24, 2.45) is 11.5 Å². The number of hydrogen-bond donors (Lipinski definition) is 4. The molecule has 0 spiro atoms. The van der Waals surface area contributed by atoms with Gasteiger partial charge in [0, 0.05) is 54.7 Å². The monoisotopic (exact) mass is 754 g/mol. The second-order valence-corrected chi connectivity index (χ2v) is 16.2. The number of nitrogens with zero attached hydrogens (tertiary/aromatic N) is 4. The molecule has 56 heavy (non-hydrogen) atoms. The van der Waals surface area contributed by atoms with Crippen LogP contribution in [-0.4, -0.2) is 90.4 Å². The van der Waals surface area contributed by atoms with Crippen molar-refractivity contribution in [1.29, 1.82) is 0 Å². The summed E-state index contributed by atoms with van der Waals surface area (Å²) in [7, 11) is 0. The van der Waals surface area contributed by atoms with E-state index in [-0.39, 0.29) is 12.1 Å². The molecular formula is C42H42N8O6. The van der Waals surface area contributed by atoms with Crippen LogP contribution in [-0.2, 0) is 29.9 Å². The van der Waals surface area contributed by atoms with Crippen molar-refractivity contribution < 1.29 is 28.7 Å². The van der Waals surface area contributed by atoms with Crippen molar-refractivity contribution in [3.63, 3.8) is 0 Å². The van der Waals surface area contributed by atoms with Crippen molar-refractivity contribution in [2.45, 2.75) is 99.6 Å². The number of hydrogen-bond acceptors (Lipinski definition) is 10. The molecule has 10 rings (SSSR count). The maximum atomic E-state index is 12.4. The third kappa shape index (κ3) is 4.04. The molecule has 2 aliphatic carbocycles. The molecule has 0 radical (unpaired) electrons. The number of primary amides is 2. The molecule has 6 heterocycles. The van der Waals surface area contributed by atoms with E-state index in [1.54, 1.807) is 12.4 Å². The molecule has 4 aromatic rings. The van der Waals surface area contributed by atoms with E-state index in [0.717, 1.165) is 83.5 Å². The molecule has 2 unspecified atom stereocenters. The standard InChI is InChI=1S/C42H42N8O6/c1-23-24(2)30(32-20-46-36(48-32)42-28(22-52)14-16-40(42,56-38(44)54)50-18-4-6-34(42)50)12-11-29(23)25-7-9-26(10-8-25)31-19-45-35(47-31)41-27(21-51)13-15-39(41,55-37(43)53)49-17-3-5-33(41)49/h7-12,19-20,33-34H,3-6,13-18H2,1-2H3,(H2,43,53)(H2,44,54)(H,45,47)(H,46,48)/t33?,34?,39-,40-,41-,42-/m0/s1. The molecule has 0 bridgehead atoms. The van der Waals surface area contributed by atoms with Crippen LogP contribution < -0.4 is 11.5 Å². The molecule has 14 heteroatoms. The highest BCUT2D eigenvalue weighted by Crippen LogP contribution is 2.69. The van der Waals surface area contributed by atoms with Gasteiger partial charge in [0.15, 0.2) is 11.4 Å². The predicted molar refractivity (Wildman–Crippen MR) is 203 cm³/mol. The number of H-pyrrole nitrogens is 2. The largest absolute Gasteiger partial charge is 0.426 e. The molecule has 4 saturated heterocycles. The summed E-state index contributed by atoms with van der Waals surface area (Å²) >= 11 is 0. The smallest absolute Gasteiger partial charge is 0.406 e. The first-order valence-corrected chi connectivity index (χ1v) is 19.4. The number of benzene rings is 2.